The summed E-state index contributed by atoms with van der Waals surface area (Å²) >= 11 is 0. The van der Waals surface area contributed by atoms with Gasteiger partial charge in [-0.1, -0.05) is 318 Å². The van der Waals surface area contributed by atoms with Gasteiger partial charge >= 0.3 is 0 Å². The van der Waals surface area contributed by atoms with Crippen molar-refractivity contribution in [2.75, 3.05) is 0 Å². The van der Waals surface area contributed by atoms with Crippen molar-refractivity contribution in [1.82, 2.24) is 14.7 Å². The van der Waals surface area contributed by atoms with Gasteiger partial charge in [-0.25, -0.2) is 0 Å². The Bertz CT molecular complexity index is 2950. The number of rotatable bonds is 11. The Morgan fingerprint density at radius 3 is 0.946 bits per heavy atom. The normalized spacial score (nSPS) is 49.3. The molecule has 27 unspecified atom stereocenters. The zero-order chi connectivity index (χ0) is 75.1. The Kier molecular flexibility index (Phi) is 23.7. The van der Waals surface area contributed by atoms with E-state index in [1.807, 2.05) is 0 Å². The minimum absolute atomic E-state index is 0.431. The third-order valence-corrected chi connectivity index (χ3v) is 44.7. The molecule has 0 spiro atoms. The molecule has 0 aromatic carbocycles. The third kappa shape index (κ3) is 14.8. The van der Waals surface area contributed by atoms with Gasteiger partial charge in [-0.2, -0.15) is 0 Å². The second kappa shape index (κ2) is 33.5. The second-order valence-electron chi connectivity index (χ2n) is 50.9. The summed E-state index contributed by atoms with van der Waals surface area (Å²) in [5, 5.41) is 0. The van der Waals surface area contributed by atoms with E-state index >= 15 is 0 Å². The van der Waals surface area contributed by atoms with E-state index in [0.29, 0.717) is 10.8 Å². The molecular formula is C108H180BN3. The fourth-order valence-corrected chi connectivity index (χ4v) is 40.3. The highest BCUT2D eigenvalue weighted by molar-refractivity contribution is 6.65. The largest absolute Gasteiger partial charge is 0.295 e. The van der Waals surface area contributed by atoms with Crippen molar-refractivity contribution < 1.29 is 0 Å². The smallest absolute Gasteiger partial charge is 0.156 e. The van der Waals surface area contributed by atoms with Crippen LogP contribution in [-0.4, -0.2) is 75.8 Å². The van der Waals surface area contributed by atoms with Crippen LogP contribution in [0.2, 0.25) is 17.5 Å². The molecule has 21 rings (SSSR count). The molecule has 3 aliphatic heterocycles. The molecule has 4 heteroatoms. The lowest BCUT2D eigenvalue weighted by Gasteiger charge is -2.73. The first-order valence-corrected chi connectivity index (χ1v) is 54.1. The summed E-state index contributed by atoms with van der Waals surface area (Å²) in [6, 6.07) is 7.70. The van der Waals surface area contributed by atoms with Gasteiger partial charge in [0.25, 0.3) is 0 Å². The first-order valence-electron chi connectivity index (χ1n) is 54.1. The van der Waals surface area contributed by atoms with E-state index in [9.17, 15) is 0 Å². The molecular weight excluding hydrogens is 1350 g/mol. The molecule has 3 nitrogen and oxygen atoms in total. The van der Waals surface area contributed by atoms with Crippen molar-refractivity contribution >= 4 is 6.71 Å². The predicted octanol–water partition coefficient (Wildman–Crippen LogP) is 29.4. The molecule has 0 N–H and O–H groups in total. The lowest BCUT2D eigenvalue weighted by atomic mass is 9.18. The van der Waals surface area contributed by atoms with Crippen LogP contribution in [0, 0.1) is 165 Å². The maximum absolute atomic E-state index is 4.14. The molecule has 0 amide bonds. The van der Waals surface area contributed by atoms with Crippen LogP contribution < -0.4 is 0 Å². The van der Waals surface area contributed by atoms with E-state index in [-0.39, 0.29) is 0 Å². The zero-order valence-electron chi connectivity index (χ0n) is 74.7. The Balaban J connectivity index is 0.767. The van der Waals surface area contributed by atoms with Crippen LogP contribution in [0.15, 0.2) is 0 Å². The van der Waals surface area contributed by atoms with Gasteiger partial charge < -0.3 is 0 Å². The van der Waals surface area contributed by atoms with Crippen molar-refractivity contribution in [1.29, 1.82) is 0 Å². The fraction of sp³-hybridized carbons (Fsp3) is 1.00. The fourth-order valence-electron chi connectivity index (χ4n) is 40.3. The van der Waals surface area contributed by atoms with Gasteiger partial charge in [0.05, 0.1) is 0 Å². The summed E-state index contributed by atoms with van der Waals surface area (Å²) in [4.78, 5) is 12.0. The Hall–Kier alpha value is -0.0551. The van der Waals surface area contributed by atoms with Gasteiger partial charge in [0.2, 0.25) is 0 Å². The van der Waals surface area contributed by atoms with Crippen LogP contribution in [-0.2, 0) is 0 Å². The van der Waals surface area contributed by atoms with Crippen molar-refractivity contribution in [2.24, 2.45) is 165 Å². The molecule has 21 fully saturated rings. The Labute approximate surface area is 693 Å². The van der Waals surface area contributed by atoms with Crippen LogP contribution in [0.5, 0.6) is 0 Å². The summed E-state index contributed by atoms with van der Waals surface area (Å²) in [7, 11) is 0. The molecule has 112 heavy (non-hydrogen) atoms. The summed E-state index contributed by atoms with van der Waals surface area (Å²) in [5.41, 5.74) is 0.876. The molecule has 3 heterocycles. The average Bonchev–Trinajstić information content (AvgIpc) is 0.786. The van der Waals surface area contributed by atoms with Gasteiger partial charge in [0.1, 0.15) is 0 Å². The maximum Gasteiger partial charge on any atom is 0.156 e. The van der Waals surface area contributed by atoms with Crippen LogP contribution >= 0.6 is 0 Å². The van der Waals surface area contributed by atoms with E-state index in [2.05, 4.69) is 56.2 Å². The summed E-state index contributed by atoms with van der Waals surface area (Å²) in [6.07, 6.45) is 98.7. The predicted molar refractivity (Wildman–Crippen MR) is 473 cm³/mol. The van der Waals surface area contributed by atoms with Crippen LogP contribution in [0.1, 0.15) is 440 Å². The molecule has 27 atom stereocenters. The highest BCUT2D eigenvalue weighted by Crippen LogP contribution is 2.72. The van der Waals surface area contributed by atoms with Crippen LogP contribution in [0.4, 0.5) is 0 Å². The summed E-state index contributed by atoms with van der Waals surface area (Å²) in [6.45, 7) is 17.4. The number of fused-ring (bicyclic) bond motifs is 7. The minimum atomic E-state index is 0.431. The molecule has 0 bridgehead atoms. The summed E-state index contributed by atoms with van der Waals surface area (Å²) in [5.74, 6) is 28.8. The van der Waals surface area contributed by atoms with Crippen molar-refractivity contribution in [2.45, 2.75) is 511 Å². The van der Waals surface area contributed by atoms with Gasteiger partial charge in [0, 0.05) is 54.4 Å². The van der Waals surface area contributed by atoms with Gasteiger partial charge in [0.15, 0.2) is 6.71 Å². The number of hydrogen-bond donors (Lipinski definition) is 0. The first-order chi connectivity index (χ1) is 54.8. The van der Waals surface area contributed by atoms with E-state index in [1.54, 1.807) is 392 Å². The van der Waals surface area contributed by atoms with Gasteiger partial charge in [-0.15, -0.1) is 0 Å². The van der Waals surface area contributed by atoms with E-state index < -0.39 is 0 Å². The molecule has 18 aliphatic carbocycles. The maximum atomic E-state index is 4.14. The number of nitrogens with zero attached hydrogens (tertiary/aromatic N) is 3. The highest BCUT2D eigenvalue weighted by Gasteiger charge is 2.71. The van der Waals surface area contributed by atoms with Gasteiger partial charge in [-0.05, 0) is 304 Å². The van der Waals surface area contributed by atoms with Crippen LogP contribution in [0.3, 0.4) is 0 Å². The minimum Gasteiger partial charge on any atom is -0.295 e. The molecule has 18 saturated carbocycles. The average molecular weight is 1530 g/mol. The quantitative estimate of drug-likeness (QED) is 0.191. The lowest BCUT2D eigenvalue weighted by Crippen LogP contribution is -2.78. The molecule has 21 aliphatic rings. The van der Waals surface area contributed by atoms with E-state index in [1.165, 1.54) is 6.42 Å². The first kappa shape index (κ1) is 79.1. The van der Waals surface area contributed by atoms with Crippen LogP contribution in [0.25, 0.3) is 0 Å². The number of hydrogen-bond acceptors (Lipinski definition) is 3. The second-order valence-corrected chi connectivity index (χ2v) is 50.9. The van der Waals surface area contributed by atoms with Crippen molar-refractivity contribution in [3.63, 3.8) is 0 Å². The number of likely N-dealkylation sites (tertiary alicyclic amines) is 1. The molecule has 630 valence electrons. The van der Waals surface area contributed by atoms with Crippen molar-refractivity contribution in [3.8, 4) is 0 Å². The molecule has 0 aromatic rings. The molecule has 0 radical (unpaired) electrons. The van der Waals surface area contributed by atoms with E-state index in [0.717, 1.165) is 232 Å². The summed E-state index contributed by atoms with van der Waals surface area (Å²) < 4.78 is 0. The highest BCUT2D eigenvalue weighted by atomic mass is 15.3. The Morgan fingerprint density at radius 1 is 0.196 bits per heavy atom. The molecule has 3 saturated heterocycles. The third-order valence-electron chi connectivity index (χ3n) is 44.7. The standard InChI is InChI=1S/C108H180BN3/c1-107(2,3)83-56-78-50-51-79-57-84(108(4,5)6)66-93-88(63-82(58-83)102(78)103(79)93)77-53-55-95-99(65-77)112(106-91(74-42-24-12-25-43-74)61-81(71-36-18-9-19-37-71)62-92(106)75-44-26-13-27-45-75)101-68-85(110-96-48-30-28-46-86(96)87-47-29-31-49-97(87)110)67-100-104(101)109(95)94-54-52-76(69-32-14-7-15-33-69)64-98(94)111(100)105-89(72-38-20-10-21-39-72)59-80(70-34-16-8-17-35-70)60-90(105)73-40-22-11-23-41-73/h69-106H,7-68H2,1-6H3. The molecule has 0 aromatic heterocycles. The van der Waals surface area contributed by atoms with Gasteiger partial charge in [-0.3, -0.25) is 14.7 Å². The van der Waals surface area contributed by atoms with E-state index in [4.69, 9.17) is 0 Å². The SMILES string of the molecule is CC(C)(C)C1CC2CCC3CC(C(C)(C)C)CC4C(C5CCC6B7C8CCC(C9CCCCC9)CC8N(C8C(C9CCCCC9)CC(C9CCCCC9)CC8C8CCCCC8)C8CC(N9C%10CCCCC%10C%10CCCCC%109)CC(C78)N(C7C(C8CCCCC8)CC(C8CCCCC8)CC7C7CCCCC7)C6C5)CC(C1)C2C34. The topological polar surface area (TPSA) is 9.72 Å². The van der Waals surface area contributed by atoms with Crippen molar-refractivity contribution in [3.05, 3.63) is 0 Å². The Morgan fingerprint density at radius 2 is 0.527 bits per heavy atom. The lowest BCUT2D eigenvalue weighted by molar-refractivity contribution is -0.161. The zero-order valence-corrected chi connectivity index (χ0v) is 74.7. The monoisotopic (exact) mass is 1530 g/mol.